The molecule has 30 heavy (non-hydrogen) atoms. The molecule has 0 saturated carbocycles. The van der Waals surface area contributed by atoms with Crippen LogP contribution in [0.4, 0.5) is 0 Å². The van der Waals surface area contributed by atoms with Crippen molar-refractivity contribution in [2.24, 2.45) is 5.73 Å². The molecule has 2 saturated heterocycles. The van der Waals surface area contributed by atoms with Gasteiger partial charge in [-0.05, 0) is 0 Å². The van der Waals surface area contributed by atoms with E-state index in [4.69, 9.17) is 19.9 Å². The third-order valence-corrected chi connectivity index (χ3v) is 5.48. The van der Waals surface area contributed by atoms with Gasteiger partial charge in [-0.15, -0.1) is 0 Å². The van der Waals surface area contributed by atoms with E-state index in [0.717, 1.165) is 0 Å². The Morgan fingerprint density at radius 1 is 0.900 bits per heavy atom. The maximum atomic E-state index is 11.0. The molecule has 2 fully saturated rings. The van der Waals surface area contributed by atoms with Crippen LogP contribution in [0.25, 0.3) is 0 Å². The summed E-state index contributed by atoms with van der Waals surface area (Å²) in [7, 11) is 0. The average molecular weight is 433 g/mol. The van der Waals surface area contributed by atoms with Crippen LogP contribution in [-0.4, -0.2) is 109 Å². The smallest absolute Gasteiger partial charge is 0.239 e. The molecular formula is C18H27NO11. The quantitative estimate of drug-likeness (QED) is 0.201. The van der Waals surface area contributed by atoms with E-state index in [-0.39, 0.29) is 5.56 Å². The van der Waals surface area contributed by atoms with E-state index in [1.54, 1.807) is 6.07 Å². The van der Waals surface area contributed by atoms with Gasteiger partial charge in [0.25, 0.3) is 0 Å². The molecule has 0 amide bonds. The third kappa shape index (κ3) is 3.75. The Morgan fingerprint density at radius 2 is 1.50 bits per heavy atom. The van der Waals surface area contributed by atoms with Crippen molar-refractivity contribution in [3.8, 4) is 0 Å². The van der Waals surface area contributed by atoms with Gasteiger partial charge in [-0.2, -0.15) is 0 Å². The molecule has 0 aromatic heterocycles. The van der Waals surface area contributed by atoms with Gasteiger partial charge in [-0.25, -0.2) is 0 Å². The molecule has 2 heterocycles. The molecule has 1 unspecified atom stereocenters. The Labute approximate surface area is 171 Å². The van der Waals surface area contributed by atoms with Gasteiger partial charge in [0.2, 0.25) is 11.5 Å². The number of aliphatic hydroxyl groups is 8. The summed E-state index contributed by atoms with van der Waals surface area (Å²) in [4.78, 5) is 0. The lowest BCUT2D eigenvalue weighted by molar-refractivity contribution is -0.417. The van der Waals surface area contributed by atoms with E-state index in [9.17, 15) is 40.9 Å². The minimum absolute atomic E-state index is 0.00112. The van der Waals surface area contributed by atoms with Gasteiger partial charge >= 0.3 is 0 Å². The molecule has 170 valence electrons. The van der Waals surface area contributed by atoms with Crippen LogP contribution >= 0.6 is 0 Å². The van der Waals surface area contributed by atoms with Crippen LogP contribution in [0.2, 0.25) is 0 Å². The van der Waals surface area contributed by atoms with Gasteiger partial charge in [-0.3, -0.25) is 5.73 Å². The summed E-state index contributed by atoms with van der Waals surface area (Å²) in [6.07, 6.45) is -13.4. The number of nitrogens with two attached hydrogens (primary N) is 1. The second-order valence-electron chi connectivity index (χ2n) is 7.42. The molecular weight excluding hydrogens is 406 g/mol. The van der Waals surface area contributed by atoms with E-state index in [1.165, 1.54) is 24.3 Å². The van der Waals surface area contributed by atoms with Crippen molar-refractivity contribution in [1.82, 2.24) is 0 Å². The maximum Gasteiger partial charge on any atom is 0.239 e. The average Bonchev–Trinajstić information content (AvgIpc) is 2.74. The van der Waals surface area contributed by atoms with E-state index in [2.05, 4.69) is 0 Å². The Hall–Kier alpha value is -1.26. The van der Waals surface area contributed by atoms with E-state index >= 15 is 0 Å². The first kappa shape index (κ1) is 23.4. The summed E-state index contributed by atoms with van der Waals surface area (Å²) in [5.74, 6) is -2.63. The van der Waals surface area contributed by atoms with Crippen LogP contribution < -0.4 is 5.73 Å². The van der Waals surface area contributed by atoms with E-state index < -0.39 is 73.7 Å². The second-order valence-corrected chi connectivity index (χ2v) is 7.42. The number of hydrogen-bond acceptors (Lipinski definition) is 12. The number of rotatable bonds is 5. The first-order valence-corrected chi connectivity index (χ1v) is 9.30. The van der Waals surface area contributed by atoms with E-state index in [1.807, 2.05) is 0 Å². The summed E-state index contributed by atoms with van der Waals surface area (Å²) in [5, 5.41) is 81.3. The molecule has 12 nitrogen and oxygen atoms in total. The first-order chi connectivity index (χ1) is 14.1. The number of ether oxygens (including phenoxy) is 3. The summed E-state index contributed by atoms with van der Waals surface area (Å²) in [5.41, 5.74) is 2.98. The molecule has 0 aliphatic carbocycles. The highest BCUT2D eigenvalue weighted by Crippen LogP contribution is 2.42. The Balaban J connectivity index is 1.88. The second kappa shape index (κ2) is 8.70. The molecule has 2 aliphatic heterocycles. The SMILES string of the molecule is N[C@@]1(O)[C@@H](O)[C@H](O[C@@H]2O[C@H](CO)[C@H](O)[C@H](O)[C@H]2O)[C@@H](CO)OC1(O)c1ccccc1. The molecule has 0 spiro atoms. The van der Waals surface area contributed by atoms with Crippen LogP contribution in [0.15, 0.2) is 30.3 Å². The van der Waals surface area contributed by atoms with Gasteiger partial charge in [0, 0.05) is 5.56 Å². The molecule has 12 heteroatoms. The van der Waals surface area contributed by atoms with Crippen molar-refractivity contribution in [2.45, 2.75) is 60.5 Å². The lowest BCUT2D eigenvalue weighted by atomic mass is 9.83. The van der Waals surface area contributed by atoms with Crippen molar-refractivity contribution in [3.63, 3.8) is 0 Å². The Bertz CT molecular complexity index is 705. The zero-order chi connectivity index (χ0) is 22.3. The maximum absolute atomic E-state index is 11.0. The minimum atomic E-state index is -2.83. The van der Waals surface area contributed by atoms with Gasteiger partial charge in [0.05, 0.1) is 13.2 Å². The largest absolute Gasteiger partial charge is 0.394 e. The van der Waals surface area contributed by atoms with Gasteiger partial charge < -0.3 is 55.1 Å². The van der Waals surface area contributed by atoms with Crippen molar-refractivity contribution >= 4 is 0 Å². The number of benzene rings is 1. The van der Waals surface area contributed by atoms with Crippen LogP contribution in [0.1, 0.15) is 5.56 Å². The molecule has 0 radical (unpaired) electrons. The fourth-order valence-corrected chi connectivity index (χ4v) is 3.64. The number of hydrogen-bond donors (Lipinski definition) is 9. The highest BCUT2D eigenvalue weighted by Gasteiger charge is 2.64. The van der Waals surface area contributed by atoms with Crippen LogP contribution in [0.5, 0.6) is 0 Å². The standard InChI is InChI=1S/C18H27NO11/c19-17(26)15(25)14(29-16-13(24)12(23)11(22)9(6-20)28-16)10(7-21)30-18(17,27)8-4-2-1-3-5-8/h1-5,9-16,20-27H,6-7,19H2/t9-,10-,11+,12+,13-,14-,15+,16+,17-,18?/m1/s1. The van der Waals surface area contributed by atoms with Crippen molar-refractivity contribution in [3.05, 3.63) is 35.9 Å². The zero-order valence-corrected chi connectivity index (χ0v) is 15.8. The Morgan fingerprint density at radius 3 is 2.07 bits per heavy atom. The fraction of sp³-hybridized carbons (Fsp3) is 0.667. The minimum Gasteiger partial charge on any atom is -0.394 e. The topological polar surface area (TPSA) is 216 Å². The molecule has 10 N–H and O–H groups in total. The fourth-order valence-electron chi connectivity index (χ4n) is 3.64. The van der Waals surface area contributed by atoms with Gasteiger partial charge in [0.1, 0.15) is 42.7 Å². The summed E-state index contributed by atoms with van der Waals surface area (Å²) >= 11 is 0. The van der Waals surface area contributed by atoms with Crippen LogP contribution in [-0.2, 0) is 20.0 Å². The van der Waals surface area contributed by atoms with Crippen molar-refractivity contribution in [2.75, 3.05) is 13.2 Å². The molecule has 1 aromatic carbocycles. The van der Waals surface area contributed by atoms with Crippen molar-refractivity contribution < 1.29 is 55.1 Å². The third-order valence-electron chi connectivity index (χ3n) is 5.48. The van der Waals surface area contributed by atoms with Crippen LogP contribution in [0.3, 0.4) is 0 Å². The first-order valence-electron chi connectivity index (χ1n) is 9.30. The molecule has 3 rings (SSSR count). The number of aliphatic hydroxyl groups excluding tert-OH is 6. The highest BCUT2D eigenvalue weighted by molar-refractivity contribution is 5.26. The predicted molar refractivity (Wildman–Crippen MR) is 96.1 cm³/mol. The Kier molecular flexibility index (Phi) is 6.79. The molecule has 10 atom stereocenters. The van der Waals surface area contributed by atoms with Gasteiger partial charge in [0.15, 0.2) is 6.29 Å². The van der Waals surface area contributed by atoms with Crippen molar-refractivity contribution in [1.29, 1.82) is 0 Å². The van der Waals surface area contributed by atoms with Gasteiger partial charge in [-0.1, -0.05) is 30.3 Å². The predicted octanol–water partition coefficient (Wildman–Crippen LogP) is -4.58. The lowest BCUT2D eigenvalue weighted by Gasteiger charge is -2.53. The molecule has 1 aromatic rings. The highest BCUT2D eigenvalue weighted by atomic mass is 16.7. The summed E-state index contributed by atoms with van der Waals surface area (Å²) in [6, 6.07) is 7.47. The zero-order valence-electron chi connectivity index (χ0n) is 15.8. The van der Waals surface area contributed by atoms with E-state index in [0.29, 0.717) is 0 Å². The molecule has 2 aliphatic rings. The molecule has 0 bridgehead atoms. The normalized spacial score (nSPS) is 47.2. The lowest BCUT2D eigenvalue weighted by Crippen LogP contribution is -2.76. The summed E-state index contributed by atoms with van der Waals surface area (Å²) in [6.45, 7) is -1.52. The summed E-state index contributed by atoms with van der Waals surface area (Å²) < 4.78 is 16.1. The van der Waals surface area contributed by atoms with Crippen LogP contribution in [0, 0.1) is 0 Å². The monoisotopic (exact) mass is 433 g/mol.